The number of amides is 1. The van der Waals surface area contributed by atoms with E-state index in [2.05, 4.69) is 5.32 Å². The minimum atomic E-state index is -3.58. The monoisotopic (exact) mass is 376 g/mol. The van der Waals surface area contributed by atoms with E-state index in [1.54, 1.807) is 12.1 Å². The van der Waals surface area contributed by atoms with Crippen LogP contribution in [0.15, 0.2) is 48.5 Å². The van der Waals surface area contributed by atoms with Crippen LogP contribution in [0.2, 0.25) is 0 Å². The van der Waals surface area contributed by atoms with Crippen LogP contribution in [0.25, 0.3) is 0 Å². The molecule has 0 aromatic heterocycles. The van der Waals surface area contributed by atoms with Crippen LogP contribution in [0.1, 0.15) is 18.1 Å². The summed E-state index contributed by atoms with van der Waals surface area (Å²) in [6.45, 7) is 4.32. The Labute approximate surface area is 154 Å². The van der Waals surface area contributed by atoms with E-state index in [0.29, 0.717) is 18.0 Å². The maximum absolute atomic E-state index is 12.3. The number of hydrogen-bond donors (Lipinski definition) is 1. The molecule has 2 rings (SSSR count). The molecule has 0 aliphatic heterocycles. The summed E-state index contributed by atoms with van der Waals surface area (Å²) in [7, 11) is -3.58. The molecule has 7 heteroatoms. The zero-order chi connectivity index (χ0) is 19.2. The van der Waals surface area contributed by atoms with Crippen molar-refractivity contribution < 1.29 is 17.9 Å². The Kier molecular flexibility index (Phi) is 6.63. The zero-order valence-corrected chi connectivity index (χ0v) is 16.0. The number of rotatable bonds is 8. The number of ether oxygens (including phenoxy) is 1. The summed E-state index contributed by atoms with van der Waals surface area (Å²) in [5.74, 6) is 0.316. The van der Waals surface area contributed by atoms with Gasteiger partial charge in [-0.15, -0.1) is 0 Å². The largest absolute Gasteiger partial charge is 0.494 e. The van der Waals surface area contributed by atoms with Crippen molar-refractivity contribution >= 4 is 21.6 Å². The quantitative estimate of drug-likeness (QED) is 0.768. The van der Waals surface area contributed by atoms with Crippen molar-refractivity contribution in [3.8, 4) is 5.75 Å². The molecule has 2 aromatic carbocycles. The van der Waals surface area contributed by atoms with Crippen molar-refractivity contribution in [2.75, 3.05) is 23.7 Å². The third kappa shape index (κ3) is 5.49. The topological polar surface area (TPSA) is 75.7 Å². The number of carbonyl (C=O) groups excluding carboxylic acids is 1. The number of carbonyl (C=O) groups is 1. The highest BCUT2D eigenvalue weighted by Crippen LogP contribution is 2.19. The van der Waals surface area contributed by atoms with Crippen LogP contribution in [0, 0.1) is 6.92 Å². The molecule has 0 spiro atoms. The van der Waals surface area contributed by atoms with Crippen LogP contribution in [0.5, 0.6) is 5.75 Å². The standard InChI is InChI=1S/C19H24N2O4S/c1-4-25-18-8-6-5-7-16(18)13-20-19(22)14-21(26(3,23)24)17-11-9-15(2)10-12-17/h5-12H,4,13-14H2,1-3H3,(H,20,22). The smallest absolute Gasteiger partial charge is 0.241 e. The molecule has 1 amide bonds. The minimum Gasteiger partial charge on any atom is -0.494 e. The molecule has 0 fully saturated rings. The first-order chi connectivity index (χ1) is 12.3. The molecule has 0 atom stereocenters. The van der Waals surface area contributed by atoms with Gasteiger partial charge in [0.2, 0.25) is 15.9 Å². The first-order valence-electron chi connectivity index (χ1n) is 8.33. The number of hydrogen-bond acceptors (Lipinski definition) is 4. The highest BCUT2D eigenvalue weighted by Gasteiger charge is 2.20. The van der Waals surface area contributed by atoms with Crippen LogP contribution < -0.4 is 14.4 Å². The normalized spacial score (nSPS) is 11.0. The summed E-state index contributed by atoms with van der Waals surface area (Å²) in [5, 5.41) is 2.76. The van der Waals surface area contributed by atoms with Crippen LogP contribution >= 0.6 is 0 Å². The van der Waals surface area contributed by atoms with Crippen molar-refractivity contribution in [3.05, 3.63) is 59.7 Å². The summed E-state index contributed by atoms with van der Waals surface area (Å²) in [4.78, 5) is 12.3. The molecule has 0 aliphatic rings. The second-order valence-corrected chi connectivity index (χ2v) is 7.83. The van der Waals surface area contributed by atoms with Gasteiger partial charge < -0.3 is 10.1 Å². The molecule has 0 radical (unpaired) electrons. The molecule has 6 nitrogen and oxygen atoms in total. The summed E-state index contributed by atoms with van der Waals surface area (Å²) in [6.07, 6.45) is 1.09. The third-order valence-corrected chi connectivity index (χ3v) is 4.90. The number of para-hydroxylation sites is 1. The Morgan fingerprint density at radius 2 is 1.77 bits per heavy atom. The zero-order valence-electron chi connectivity index (χ0n) is 15.2. The molecule has 140 valence electrons. The Morgan fingerprint density at radius 1 is 1.12 bits per heavy atom. The van der Waals surface area contributed by atoms with E-state index in [1.807, 2.05) is 50.2 Å². The van der Waals surface area contributed by atoms with Gasteiger partial charge in [-0.25, -0.2) is 8.42 Å². The van der Waals surface area contributed by atoms with Gasteiger partial charge in [0.05, 0.1) is 18.6 Å². The average Bonchev–Trinajstić information content (AvgIpc) is 2.59. The number of anilines is 1. The highest BCUT2D eigenvalue weighted by molar-refractivity contribution is 7.92. The van der Waals surface area contributed by atoms with E-state index in [4.69, 9.17) is 4.74 Å². The molecule has 1 N–H and O–H groups in total. The number of benzene rings is 2. The molecule has 0 saturated heterocycles. The highest BCUT2D eigenvalue weighted by atomic mass is 32.2. The van der Waals surface area contributed by atoms with Crippen LogP contribution in [0.4, 0.5) is 5.69 Å². The Morgan fingerprint density at radius 3 is 2.38 bits per heavy atom. The van der Waals surface area contributed by atoms with Crippen molar-refractivity contribution in [2.45, 2.75) is 20.4 Å². The lowest BCUT2D eigenvalue weighted by Gasteiger charge is -2.22. The summed E-state index contributed by atoms with van der Waals surface area (Å²) in [5.41, 5.74) is 2.31. The molecular formula is C19H24N2O4S. The van der Waals surface area contributed by atoms with Gasteiger partial charge in [0.15, 0.2) is 0 Å². The van der Waals surface area contributed by atoms with Gasteiger partial charge in [-0.1, -0.05) is 35.9 Å². The predicted molar refractivity (Wildman–Crippen MR) is 103 cm³/mol. The molecule has 0 aliphatic carbocycles. The molecule has 0 saturated carbocycles. The SMILES string of the molecule is CCOc1ccccc1CNC(=O)CN(c1ccc(C)cc1)S(C)(=O)=O. The van der Waals surface area contributed by atoms with Gasteiger partial charge in [-0.3, -0.25) is 9.10 Å². The van der Waals surface area contributed by atoms with Gasteiger partial charge in [0, 0.05) is 12.1 Å². The average molecular weight is 376 g/mol. The first-order valence-corrected chi connectivity index (χ1v) is 10.2. The van der Waals surface area contributed by atoms with E-state index in [-0.39, 0.29) is 19.0 Å². The summed E-state index contributed by atoms with van der Waals surface area (Å²) < 4.78 is 30.8. The van der Waals surface area contributed by atoms with Crippen molar-refractivity contribution in [2.24, 2.45) is 0 Å². The third-order valence-electron chi connectivity index (χ3n) is 3.76. The van der Waals surface area contributed by atoms with Crippen LogP contribution in [-0.4, -0.2) is 33.7 Å². The predicted octanol–water partition coefficient (Wildman–Crippen LogP) is 2.48. The Hall–Kier alpha value is -2.54. The molecule has 0 bridgehead atoms. The van der Waals surface area contributed by atoms with E-state index < -0.39 is 10.0 Å². The van der Waals surface area contributed by atoms with Gasteiger partial charge in [-0.05, 0) is 32.0 Å². The minimum absolute atomic E-state index is 0.264. The lowest BCUT2D eigenvalue weighted by atomic mass is 10.2. The summed E-state index contributed by atoms with van der Waals surface area (Å²) >= 11 is 0. The first kappa shape index (κ1) is 19.8. The number of aryl methyl sites for hydroxylation is 1. The number of sulfonamides is 1. The van der Waals surface area contributed by atoms with E-state index in [9.17, 15) is 13.2 Å². The van der Waals surface area contributed by atoms with Gasteiger partial charge >= 0.3 is 0 Å². The van der Waals surface area contributed by atoms with Gasteiger partial charge in [0.1, 0.15) is 12.3 Å². The molecule has 2 aromatic rings. The maximum atomic E-state index is 12.3. The fourth-order valence-electron chi connectivity index (χ4n) is 2.44. The molecule has 0 heterocycles. The van der Waals surface area contributed by atoms with Crippen LogP contribution in [-0.2, 0) is 21.4 Å². The van der Waals surface area contributed by atoms with Crippen LogP contribution in [0.3, 0.4) is 0 Å². The fourth-order valence-corrected chi connectivity index (χ4v) is 3.29. The number of nitrogens with one attached hydrogen (secondary N) is 1. The Balaban J connectivity index is 2.08. The van der Waals surface area contributed by atoms with Gasteiger partial charge in [-0.2, -0.15) is 0 Å². The number of nitrogens with zero attached hydrogens (tertiary/aromatic N) is 1. The van der Waals surface area contributed by atoms with Gasteiger partial charge in [0.25, 0.3) is 0 Å². The van der Waals surface area contributed by atoms with E-state index in [1.165, 1.54) is 0 Å². The Bertz CT molecular complexity index is 848. The second-order valence-electron chi connectivity index (χ2n) is 5.92. The summed E-state index contributed by atoms with van der Waals surface area (Å²) in [6, 6.07) is 14.4. The van der Waals surface area contributed by atoms with Crippen molar-refractivity contribution in [3.63, 3.8) is 0 Å². The molecular weight excluding hydrogens is 352 g/mol. The van der Waals surface area contributed by atoms with Crippen molar-refractivity contribution in [1.29, 1.82) is 0 Å². The fraction of sp³-hybridized carbons (Fsp3) is 0.316. The van der Waals surface area contributed by atoms with E-state index in [0.717, 1.165) is 21.7 Å². The maximum Gasteiger partial charge on any atom is 0.241 e. The molecule has 0 unspecified atom stereocenters. The lowest BCUT2D eigenvalue weighted by Crippen LogP contribution is -2.40. The van der Waals surface area contributed by atoms with Crippen molar-refractivity contribution in [1.82, 2.24) is 5.32 Å². The second kappa shape index (κ2) is 8.71. The van der Waals surface area contributed by atoms with E-state index >= 15 is 0 Å². The molecule has 26 heavy (non-hydrogen) atoms. The lowest BCUT2D eigenvalue weighted by molar-refractivity contribution is -0.119.